The summed E-state index contributed by atoms with van der Waals surface area (Å²) < 4.78 is 7.25. The molecule has 0 amide bonds. The number of carbonyl (C=O) groups is 1. The van der Waals surface area contributed by atoms with Gasteiger partial charge in [-0.05, 0) is 81.3 Å². The highest BCUT2D eigenvalue weighted by Crippen LogP contribution is 2.20. The third-order valence-electron chi connectivity index (χ3n) is 5.49. The van der Waals surface area contributed by atoms with E-state index >= 15 is 0 Å². The maximum atomic E-state index is 12.3. The number of aliphatic carboxylic acids is 1. The number of carboxylic acid groups (broad SMARTS) is 1. The summed E-state index contributed by atoms with van der Waals surface area (Å²) in [5.41, 5.74) is 4.30. The lowest BCUT2D eigenvalue weighted by molar-refractivity contribution is -0.152. The molecule has 2 aromatic carbocycles. The van der Waals surface area contributed by atoms with Crippen LogP contribution in [-0.2, 0) is 24.2 Å². The molecule has 0 aliphatic rings. The van der Waals surface area contributed by atoms with Crippen LogP contribution in [-0.4, -0.2) is 26.2 Å². The number of hydrogen-bond donors (Lipinski definition) is 2. The van der Waals surface area contributed by atoms with Crippen molar-refractivity contribution in [2.75, 3.05) is 0 Å². The molecule has 0 saturated carbocycles. The van der Waals surface area contributed by atoms with Gasteiger partial charge in [0.1, 0.15) is 5.75 Å². The molecule has 0 aliphatic heterocycles. The largest absolute Gasteiger partial charge is 0.478 e. The van der Waals surface area contributed by atoms with Crippen LogP contribution in [0.2, 0.25) is 0 Å². The van der Waals surface area contributed by atoms with Gasteiger partial charge in [-0.1, -0.05) is 30.3 Å². The smallest absolute Gasteiger partial charge is 0.347 e. The van der Waals surface area contributed by atoms with E-state index in [2.05, 4.69) is 37.0 Å². The summed E-state index contributed by atoms with van der Waals surface area (Å²) in [4.78, 5) is 26.4. The second-order valence-electron chi connectivity index (χ2n) is 8.55. The number of carboxylic acids is 1. The average molecular weight is 423 g/mol. The van der Waals surface area contributed by atoms with Gasteiger partial charge in [0.25, 0.3) is 0 Å². The number of aromatic amines is 1. The van der Waals surface area contributed by atoms with Crippen LogP contribution in [0.3, 0.4) is 0 Å². The van der Waals surface area contributed by atoms with E-state index in [9.17, 15) is 9.59 Å². The molecule has 0 saturated heterocycles. The van der Waals surface area contributed by atoms with Crippen molar-refractivity contribution in [3.8, 4) is 5.75 Å². The minimum absolute atomic E-state index is 0.0872. The molecule has 2 N–H and O–H groups in total. The van der Waals surface area contributed by atoms with E-state index < -0.39 is 11.6 Å². The van der Waals surface area contributed by atoms with Crippen LogP contribution < -0.4 is 10.4 Å². The van der Waals surface area contributed by atoms with Gasteiger partial charge in [0.15, 0.2) is 5.60 Å². The van der Waals surface area contributed by atoms with E-state index in [0.29, 0.717) is 12.3 Å². The topological polar surface area (TPSA) is 84.3 Å². The van der Waals surface area contributed by atoms with Crippen LogP contribution in [0.4, 0.5) is 0 Å². The van der Waals surface area contributed by atoms with Gasteiger partial charge in [0.2, 0.25) is 0 Å². The Morgan fingerprint density at radius 3 is 2.35 bits per heavy atom. The van der Waals surface area contributed by atoms with Gasteiger partial charge in [0.05, 0.1) is 6.54 Å². The average Bonchev–Trinajstić information content (AvgIpc) is 3.05. The zero-order valence-electron chi connectivity index (χ0n) is 18.6. The number of imidazole rings is 1. The van der Waals surface area contributed by atoms with Crippen molar-refractivity contribution in [1.29, 1.82) is 0 Å². The Balaban J connectivity index is 1.54. The highest BCUT2D eigenvalue weighted by Gasteiger charge is 2.29. The molecular formula is C25H30N2O4. The van der Waals surface area contributed by atoms with Crippen LogP contribution in [0.1, 0.15) is 48.2 Å². The molecule has 0 spiro atoms. The number of rotatable bonds is 9. The number of H-pyrrole nitrogens is 1. The monoisotopic (exact) mass is 422 g/mol. The lowest BCUT2D eigenvalue weighted by Crippen LogP contribution is -2.37. The van der Waals surface area contributed by atoms with Crippen molar-refractivity contribution in [3.05, 3.63) is 87.1 Å². The van der Waals surface area contributed by atoms with E-state index in [1.165, 1.54) is 25.0 Å². The van der Waals surface area contributed by atoms with E-state index in [1.807, 2.05) is 18.3 Å². The summed E-state index contributed by atoms with van der Waals surface area (Å²) in [6.07, 6.45) is 4.43. The third-order valence-corrected chi connectivity index (χ3v) is 5.49. The second kappa shape index (κ2) is 9.25. The van der Waals surface area contributed by atoms with E-state index in [1.54, 1.807) is 16.7 Å². The summed E-state index contributed by atoms with van der Waals surface area (Å²) in [6, 6.07) is 13.7. The predicted molar refractivity (Wildman–Crippen MR) is 121 cm³/mol. The standard InChI is InChI=1S/C25H30N2O4/c1-17-8-9-20(14-18(17)2)15-27-16-21(26-24(27)30)7-5-6-19-10-12-22(13-11-19)31-25(3,4)23(28)29/h8-14,16H,5-7,15H2,1-4H3,(H,26,30)(H,28,29). The van der Waals surface area contributed by atoms with E-state index in [0.717, 1.165) is 36.1 Å². The Labute approximate surface area is 182 Å². The van der Waals surface area contributed by atoms with Crippen molar-refractivity contribution in [1.82, 2.24) is 9.55 Å². The van der Waals surface area contributed by atoms with Gasteiger partial charge in [0, 0.05) is 11.9 Å². The van der Waals surface area contributed by atoms with Crippen LogP contribution in [0.15, 0.2) is 53.5 Å². The molecule has 3 rings (SSSR count). The molecule has 0 fully saturated rings. The van der Waals surface area contributed by atoms with E-state index in [4.69, 9.17) is 9.84 Å². The highest BCUT2D eigenvalue weighted by molar-refractivity contribution is 5.76. The molecule has 3 aromatic rings. The number of benzene rings is 2. The maximum absolute atomic E-state index is 12.3. The van der Waals surface area contributed by atoms with Gasteiger partial charge < -0.3 is 14.8 Å². The number of aromatic nitrogens is 2. The Kier molecular flexibility index (Phi) is 6.68. The van der Waals surface area contributed by atoms with Crippen LogP contribution in [0.5, 0.6) is 5.75 Å². The Bertz CT molecular complexity index is 1110. The summed E-state index contributed by atoms with van der Waals surface area (Å²) in [7, 11) is 0. The lowest BCUT2D eigenvalue weighted by atomic mass is 10.1. The predicted octanol–water partition coefficient (Wildman–Crippen LogP) is 4.26. The van der Waals surface area contributed by atoms with Crippen molar-refractivity contribution in [2.24, 2.45) is 0 Å². The Morgan fingerprint density at radius 1 is 1.03 bits per heavy atom. The molecule has 0 aliphatic carbocycles. The fourth-order valence-electron chi connectivity index (χ4n) is 3.38. The summed E-state index contributed by atoms with van der Waals surface area (Å²) in [6.45, 7) is 7.77. The van der Waals surface area contributed by atoms with Crippen LogP contribution in [0.25, 0.3) is 0 Å². The number of hydrogen-bond acceptors (Lipinski definition) is 3. The SMILES string of the molecule is Cc1ccc(Cn2cc(CCCc3ccc(OC(C)(C)C(=O)O)cc3)[nH]c2=O)cc1C. The molecule has 0 atom stereocenters. The first-order chi connectivity index (χ1) is 14.6. The highest BCUT2D eigenvalue weighted by atomic mass is 16.5. The number of nitrogens with zero attached hydrogens (tertiary/aromatic N) is 1. The molecule has 0 bridgehead atoms. The first-order valence-corrected chi connectivity index (χ1v) is 10.5. The molecule has 164 valence electrons. The first-order valence-electron chi connectivity index (χ1n) is 10.5. The van der Waals surface area contributed by atoms with Gasteiger partial charge in [-0.2, -0.15) is 0 Å². The fourth-order valence-corrected chi connectivity index (χ4v) is 3.38. The normalized spacial score (nSPS) is 11.5. The third kappa shape index (κ3) is 5.87. The molecule has 0 unspecified atom stereocenters. The van der Waals surface area contributed by atoms with Gasteiger partial charge in [-0.3, -0.25) is 4.57 Å². The number of aryl methyl sites for hydroxylation is 4. The molecule has 1 heterocycles. The zero-order valence-corrected chi connectivity index (χ0v) is 18.6. The molecule has 1 aromatic heterocycles. The second-order valence-corrected chi connectivity index (χ2v) is 8.55. The minimum Gasteiger partial charge on any atom is -0.478 e. The quantitative estimate of drug-likeness (QED) is 0.540. The van der Waals surface area contributed by atoms with Crippen molar-refractivity contribution in [3.63, 3.8) is 0 Å². The Hall–Kier alpha value is -3.28. The van der Waals surface area contributed by atoms with Gasteiger partial charge in [-0.15, -0.1) is 0 Å². The number of nitrogens with one attached hydrogen (secondary N) is 1. The molecule has 0 radical (unpaired) electrons. The van der Waals surface area contributed by atoms with Gasteiger partial charge >= 0.3 is 11.7 Å². The molecule has 6 nitrogen and oxygen atoms in total. The van der Waals surface area contributed by atoms with Crippen LogP contribution in [0, 0.1) is 13.8 Å². The summed E-state index contributed by atoms with van der Waals surface area (Å²) in [5.74, 6) is -0.473. The molecule has 31 heavy (non-hydrogen) atoms. The summed E-state index contributed by atoms with van der Waals surface area (Å²) in [5, 5.41) is 9.16. The lowest BCUT2D eigenvalue weighted by Gasteiger charge is -2.21. The summed E-state index contributed by atoms with van der Waals surface area (Å²) >= 11 is 0. The minimum atomic E-state index is -1.27. The number of ether oxygens (including phenoxy) is 1. The van der Waals surface area contributed by atoms with Gasteiger partial charge in [-0.25, -0.2) is 9.59 Å². The molecule has 6 heteroatoms. The van der Waals surface area contributed by atoms with Crippen molar-refractivity contribution >= 4 is 5.97 Å². The Morgan fingerprint density at radius 2 is 1.71 bits per heavy atom. The maximum Gasteiger partial charge on any atom is 0.347 e. The first kappa shape index (κ1) is 22.4. The van der Waals surface area contributed by atoms with Crippen LogP contribution >= 0.6 is 0 Å². The zero-order chi connectivity index (χ0) is 22.6. The van der Waals surface area contributed by atoms with E-state index in [-0.39, 0.29) is 5.69 Å². The fraction of sp³-hybridized carbons (Fsp3) is 0.360. The van der Waals surface area contributed by atoms with Crippen molar-refractivity contribution in [2.45, 2.75) is 59.1 Å². The molecular weight excluding hydrogens is 392 g/mol. The van der Waals surface area contributed by atoms with Crippen molar-refractivity contribution < 1.29 is 14.6 Å².